The van der Waals surface area contributed by atoms with Gasteiger partial charge in [0.1, 0.15) is 5.82 Å². The van der Waals surface area contributed by atoms with Crippen molar-refractivity contribution >= 4 is 5.91 Å². The molecule has 0 radical (unpaired) electrons. The maximum Gasteiger partial charge on any atom is 0.261 e. The number of likely N-dealkylation sites (tertiary alicyclic amines) is 1. The summed E-state index contributed by atoms with van der Waals surface area (Å²) in [5, 5.41) is 0. The van der Waals surface area contributed by atoms with Crippen molar-refractivity contribution in [3.8, 4) is 16.9 Å². The number of pyridine rings is 1. The molecule has 2 aromatic heterocycles. The molecule has 1 aliphatic heterocycles. The average Bonchev–Trinajstić information content (AvgIpc) is 2.84. The molecule has 0 aliphatic carbocycles. The van der Waals surface area contributed by atoms with E-state index < -0.39 is 5.82 Å². The minimum Gasteiger partial charge on any atom is -0.481 e. The lowest BCUT2D eigenvalue weighted by molar-refractivity contribution is -0.137. The summed E-state index contributed by atoms with van der Waals surface area (Å²) in [6.45, 7) is 2.50. The van der Waals surface area contributed by atoms with Gasteiger partial charge in [0.05, 0.1) is 11.7 Å². The van der Waals surface area contributed by atoms with Gasteiger partial charge in [-0.05, 0) is 55.5 Å². The minimum absolute atomic E-state index is 0.0825. The second kappa shape index (κ2) is 10.3. The molecule has 1 amide bonds. The topological polar surface area (TPSA) is 68.2 Å². The largest absolute Gasteiger partial charge is 0.481 e. The molecule has 0 unspecified atom stereocenters. The van der Waals surface area contributed by atoms with Crippen LogP contribution in [0.15, 0.2) is 55.0 Å². The SMILES string of the molecule is CCCc1ncc(-c2ccncc2)c([C@@H]2CCCCN2C(=O)COc2ccccc2F)n1. The van der Waals surface area contributed by atoms with Crippen LogP contribution < -0.4 is 4.74 Å². The Hall–Kier alpha value is -3.35. The van der Waals surface area contributed by atoms with Crippen LogP contribution in [0.1, 0.15) is 50.2 Å². The molecule has 1 fully saturated rings. The van der Waals surface area contributed by atoms with E-state index in [1.165, 1.54) is 12.1 Å². The van der Waals surface area contributed by atoms with E-state index in [0.29, 0.717) is 6.54 Å². The Bertz CT molecular complexity index is 1060. The smallest absolute Gasteiger partial charge is 0.261 e. The Labute approximate surface area is 187 Å². The van der Waals surface area contributed by atoms with Crippen LogP contribution in [0, 0.1) is 5.82 Å². The highest BCUT2D eigenvalue weighted by Crippen LogP contribution is 2.35. The van der Waals surface area contributed by atoms with Crippen molar-refractivity contribution in [3.63, 3.8) is 0 Å². The highest BCUT2D eigenvalue weighted by molar-refractivity contribution is 5.79. The van der Waals surface area contributed by atoms with Gasteiger partial charge < -0.3 is 9.64 Å². The molecule has 1 saturated heterocycles. The van der Waals surface area contributed by atoms with Crippen LogP contribution in [0.4, 0.5) is 4.39 Å². The molecule has 1 aromatic carbocycles. The Morgan fingerprint density at radius 1 is 1.19 bits per heavy atom. The van der Waals surface area contributed by atoms with Crippen LogP contribution in [0.5, 0.6) is 5.75 Å². The van der Waals surface area contributed by atoms with Gasteiger partial charge in [0.2, 0.25) is 0 Å². The van der Waals surface area contributed by atoms with Gasteiger partial charge >= 0.3 is 0 Å². The number of benzene rings is 1. The lowest BCUT2D eigenvalue weighted by Gasteiger charge is -2.36. The van der Waals surface area contributed by atoms with Gasteiger partial charge in [0.15, 0.2) is 18.2 Å². The van der Waals surface area contributed by atoms with Crippen LogP contribution >= 0.6 is 0 Å². The fraction of sp³-hybridized carbons (Fsp3) is 0.360. The summed E-state index contributed by atoms with van der Waals surface area (Å²) >= 11 is 0. The number of para-hydroxylation sites is 1. The number of carbonyl (C=O) groups excluding carboxylic acids is 1. The summed E-state index contributed by atoms with van der Waals surface area (Å²) in [6, 6.07) is 9.80. The quantitative estimate of drug-likeness (QED) is 0.536. The van der Waals surface area contributed by atoms with E-state index in [4.69, 9.17) is 9.72 Å². The first-order valence-corrected chi connectivity index (χ1v) is 11.1. The van der Waals surface area contributed by atoms with Crippen LogP contribution in [0.25, 0.3) is 11.1 Å². The normalized spacial score (nSPS) is 16.1. The number of halogens is 1. The third-order valence-electron chi connectivity index (χ3n) is 5.66. The Morgan fingerprint density at radius 3 is 2.78 bits per heavy atom. The molecule has 0 N–H and O–H groups in total. The van der Waals surface area contributed by atoms with E-state index in [9.17, 15) is 9.18 Å². The number of aromatic nitrogens is 3. The fourth-order valence-corrected chi connectivity index (χ4v) is 4.08. The molecule has 0 saturated carbocycles. The van der Waals surface area contributed by atoms with Crippen LogP contribution in [0.3, 0.4) is 0 Å². The number of rotatable bonds is 7. The molecule has 6 nitrogen and oxygen atoms in total. The third kappa shape index (κ3) is 4.93. The van der Waals surface area contributed by atoms with Gasteiger partial charge in [-0.25, -0.2) is 14.4 Å². The predicted octanol–water partition coefficient (Wildman–Crippen LogP) is 4.76. The standard InChI is InChI=1S/C25H27FN4O2/c1-2-7-23-28-16-19(18-11-13-27-14-12-18)25(29-23)21-9-5-6-15-30(21)24(31)17-32-22-10-4-3-8-20(22)26/h3-4,8,10-14,16,21H,2,5-7,9,15,17H2,1H3/t21-/m0/s1. The zero-order valence-electron chi connectivity index (χ0n) is 18.2. The van der Waals surface area contributed by atoms with E-state index in [2.05, 4.69) is 16.9 Å². The molecule has 1 aliphatic rings. The number of hydrogen-bond donors (Lipinski definition) is 0. The van der Waals surface area contributed by atoms with E-state index in [1.807, 2.05) is 23.2 Å². The second-order valence-corrected chi connectivity index (χ2v) is 7.89. The molecule has 3 aromatic rings. The Morgan fingerprint density at radius 2 is 2.00 bits per heavy atom. The first-order chi connectivity index (χ1) is 15.7. The molecule has 0 bridgehead atoms. The molecule has 3 heterocycles. The number of piperidine rings is 1. The van der Waals surface area contributed by atoms with E-state index in [-0.39, 0.29) is 24.3 Å². The fourth-order valence-electron chi connectivity index (χ4n) is 4.08. The minimum atomic E-state index is -0.476. The molecular weight excluding hydrogens is 407 g/mol. The molecule has 1 atom stereocenters. The average molecular weight is 435 g/mol. The number of hydrogen-bond acceptors (Lipinski definition) is 5. The van der Waals surface area contributed by atoms with Gasteiger partial charge in [-0.3, -0.25) is 9.78 Å². The molecule has 166 valence electrons. The summed E-state index contributed by atoms with van der Waals surface area (Å²) in [7, 11) is 0. The summed E-state index contributed by atoms with van der Waals surface area (Å²) in [6.07, 6.45) is 9.79. The van der Waals surface area contributed by atoms with Crippen LogP contribution in [-0.4, -0.2) is 38.9 Å². The highest BCUT2D eigenvalue weighted by Gasteiger charge is 2.31. The van der Waals surface area contributed by atoms with Crippen LogP contribution in [-0.2, 0) is 11.2 Å². The zero-order chi connectivity index (χ0) is 22.3. The lowest BCUT2D eigenvalue weighted by Crippen LogP contribution is -2.41. The molecule has 7 heteroatoms. The Balaban J connectivity index is 1.63. The van der Waals surface area contributed by atoms with Gasteiger partial charge in [0.25, 0.3) is 5.91 Å². The maximum absolute atomic E-state index is 13.9. The second-order valence-electron chi connectivity index (χ2n) is 7.89. The molecule has 32 heavy (non-hydrogen) atoms. The van der Waals surface area contributed by atoms with Gasteiger partial charge in [-0.2, -0.15) is 0 Å². The van der Waals surface area contributed by atoms with E-state index in [0.717, 1.165) is 54.7 Å². The zero-order valence-corrected chi connectivity index (χ0v) is 18.2. The third-order valence-corrected chi connectivity index (χ3v) is 5.66. The summed E-state index contributed by atoms with van der Waals surface area (Å²) < 4.78 is 19.4. The highest BCUT2D eigenvalue weighted by atomic mass is 19.1. The number of aryl methyl sites for hydroxylation is 1. The number of carbonyl (C=O) groups is 1. The first kappa shape index (κ1) is 21.9. The van der Waals surface area contributed by atoms with Gasteiger partial charge in [-0.15, -0.1) is 0 Å². The Kier molecular flexibility index (Phi) is 7.04. The van der Waals surface area contributed by atoms with Crippen molar-refractivity contribution in [2.75, 3.05) is 13.2 Å². The van der Waals surface area contributed by atoms with Crippen molar-refractivity contribution < 1.29 is 13.9 Å². The summed E-state index contributed by atoms with van der Waals surface area (Å²) in [5.74, 6) is 0.213. The monoisotopic (exact) mass is 434 g/mol. The number of nitrogens with zero attached hydrogens (tertiary/aromatic N) is 4. The molecule has 4 rings (SSSR count). The van der Waals surface area contributed by atoms with E-state index in [1.54, 1.807) is 24.5 Å². The molecular formula is C25H27FN4O2. The summed E-state index contributed by atoms with van der Waals surface area (Å²) in [4.78, 5) is 28.5. The van der Waals surface area contributed by atoms with Crippen molar-refractivity contribution in [3.05, 3.63) is 72.3 Å². The van der Waals surface area contributed by atoms with Crippen molar-refractivity contribution in [1.29, 1.82) is 0 Å². The van der Waals surface area contributed by atoms with Gasteiger partial charge in [0, 0.05) is 37.1 Å². The first-order valence-electron chi connectivity index (χ1n) is 11.1. The summed E-state index contributed by atoms with van der Waals surface area (Å²) in [5.41, 5.74) is 2.74. The predicted molar refractivity (Wildman–Crippen MR) is 119 cm³/mol. The van der Waals surface area contributed by atoms with Crippen molar-refractivity contribution in [2.24, 2.45) is 0 Å². The number of amides is 1. The molecule has 0 spiro atoms. The van der Waals surface area contributed by atoms with E-state index >= 15 is 0 Å². The van der Waals surface area contributed by atoms with Crippen LogP contribution in [0.2, 0.25) is 0 Å². The lowest BCUT2D eigenvalue weighted by atomic mass is 9.94. The van der Waals surface area contributed by atoms with Crippen molar-refractivity contribution in [2.45, 2.75) is 45.1 Å². The van der Waals surface area contributed by atoms with Gasteiger partial charge in [-0.1, -0.05) is 19.1 Å². The maximum atomic E-state index is 13.9. The number of ether oxygens (including phenoxy) is 1. The van der Waals surface area contributed by atoms with Crippen molar-refractivity contribution in [1.82, 2.24) is 19.9 Å².